The summed E-state index contributed by atoms with van der Waals surface area (Å²) >= 11 is 2.72. The van der Waals surface area contributed by atoms with E-state index in [1.165, 1.54) is 4.88 Å². The van der Waals surface area contributed by atoms with Crippen molar-refractivity contribution in [3.8, 4) is 0 Å². The number of thiophene rings is 1. The average molecular weight is 381 g/mol. The van der Waals surface area contributed by atoms with Crippen LogP contribution in [0.3, 0.4) is 0 Å². The van der Waals surface area contributed by atoms with Crippen LogP contribution in [0.5, 0.6) is 0 Å². The molecule has 0 radical (unpaired) electrons. The van der Waals surface area contributed by atoms with E-state index in [2.05, 4.69) is 15.3 Å². The molecule has 0 fully saturated rings. The Hall–Kier alpha value is -1.87. The monoisotopic (exact) mass is 381 g/mol. The molecule has 1 aliphatic carbocycles. The first-order chi connectivity index (χ1) is 12.1. The van der Waals surface area contributed by atoms with Gasteiger partial charge in [0.15, 0.2) is 5.16 Å². The zero-order valence-electron chi connectivity index (χ0n) is 13.8. The molecule has 7 nitrogen and oxygen atoms in total. The van der Waals surface area contributed by atoms with Gasteiger partial charge in [-0.1, -0.05) is 11.8 Å². The minimum absolute atomic E-state index is 0.0684. The number of esters is 1. The Kier molecular flexibility index (Phi) is 5.74. The summed E-state index contributed by atoms with van der Waals surface area (Å²) in [4.78, 5) is 44.6. The first-order valence-corrected chi connectivity index (χ1v) is 9.98. The van der Waals surface area contributed by atoms with Crippen molar-refractivity contribution in [1.82, 2.24) is 15.3 Å². The maximum atomic E-state index is 12.4. The number of carbonyl (C=O) groups excluding carboxylic acids is 2. The van der Waals surface area contributed by atoms with Gasteiger partial charge in [0.1, 0.15) is 11.4 Å². The molecule has 0 bridgehead atoms. The first kappa shape index (κ1) is 17.9. The fourth-order valence-electron chi connectivity index (χ4n) is 2.78. The normalized spacial score (nSPS) is 13.5. The van der Waals surface area contributed by atoms with Crippen molar-refractivity contribution in [3.05, 3.63) is 20.8 Å². The van der Waals surface area contributed by atoms with Crippen molar-refractivity contribution in [2.75, 3.05) is 18.9 Å². The van der Waals surface area contributed by atoms with E-state index in [9.17, 15) is 14.4 Å². The van der Waals surface area contributed by atoms with Crippen LogP contribution in [0.1, 0.15) is 30.2 Å². The van der Waals surface area contributed by atoms with Crippen LogP contribution in [0.15, 0.2) is 9.95 Å². The number of H-pyrrole nitrogens is 1. The van der Waals surface area contributed by atoms with Crippen LogP contribution < -0.4 is 10.9 Å². The van der Waals surface area contributed by atoms with Gasteiger partial charge in [0.25, 0.3) is 5.56 Å². The van der Waals surface area contributed by atoms with E-state index in [0.29, 0.717) is 10.5 Å². The maximum absolute atomic E-state index is 12.4. The number of ether oxygens (including phenoxy) is 1. The van der Waals surface area contributed by atoms with Crippen LogP contribution in [0.25, 0.3) is 10.2 Å². The second-order valence-corrected chi connectivity index (χ2v) is 7.68. The van der Waals surface area contributed by atoms with Gasteiger partial charge in [0, 0.05) is 4.88 Å². The Balaban J connectivity index is 1.65. The van der Waals surface area contributed by atoms with Gasteiger partial charge in [-0.2, -0.15) is 0 Å². The summed E-state index contributed by atoms with van der Waals surface area (Å²) in [5, 5.41) is 3.60. The lowest BCUT2D eigenvalue weighted by Gasteiger charge is -2.09. The molecule has 3 rings (SSSR count). The first-order valence-electron chi connectivity index (χ1n) is 8.18. The summed E-state index contributed by atoms with van der Waals surface area (Å²) in [6.07, 6.45) is 4.20. The summed E-state index contributed by atoms with van der Waals surface area (Å²) in [5.41, 5.74) is 1.00. The van der Waals surface area contributed by atoms with E-state index in [4.69, 9.17) is 4.74 Å². The number of hydrogen-bond acceptors (Lipinski definition) is 7. The number of aromatic amines is 1. The third-order valence-electron chi connectivity index (χ3n) is 3.88. The Morgan fingerprint density at radius 1 is 1.36 bits per heavy atom. The quantitative estimate of drug-likeness (QED) is 0.448. The summed E-state index contributed by atoms with van der Waals surface area (Å²) in [7, 11) is 0. The predicted molar refractivity (Wildman–Crippen MR) is 97.2 cm³/mol. The van der Waals surface area contributed by atoms with E-state index in [-0.39, 0.29) is 30.4 Å². The zero-order chi connectivity index (χ0) is 17.8. The number of amides is 1. The summed E-state index contributed by atoms with van der Waals surface area (Å²) < 4.78 is 4.74. The highest BCUT2D eigenvalue weighted by molar-refractivity contribution is 7.99. The topological polar surface area (TPSA) is 101 Å². The molecule has 0 saturated carbocycles. The SMILES string of the molecule is CCOC(=O)CNC(=O)CSc1nc2sc3c(c2c(=O)[nH]1)CCCC3. The van der Waals surface area contributed by atoms with Crippen LogP contribution in [-0.4, -0.2) is 40.7 Å². The standard InChI is InChI=1S/C16H19N3O4S2/c1-2-23-12(21)7-17-11(20)8-24-16-18-14(22)13-9-5-3-4-6-10(9)25-15(13)19-16/h2-8H2,1H3,(H,17,20)(H,18,19,22). The molecule has 9 heteroatoms. The minimum Gasteiger partial charge on any atom is -0.465 e. The molecule has 0 aliphatic heterocycles. The molecule has 0 aromatic carbocycles. The number of hydrogen-bond donors (Lipinski definition) is 2. The van der Waals surface area contributed by atoms with Gasteiger partial charge < -0.3 is 15.0 Å². The van der Waals surface area contributed by atoms with Gasteiger partial charge in [-0.3, -0.25) is 14.4 Å². The number of rotatable bonds is 6. The second-order valence-electron chi connectivity index (χ2n) is 5.63. The second kappa shape index (κ2) is 8.01. The highest BCUT2D eigenvalue weighted by Crippen LogP contribution is 2.34. The van der Waals surface area contributed by atoms with Crippen molar-refractivity contribution in [1.29, 1.82) is 0 Å². The Labute approximate surface area is 152 Å². The molecule has 25 heavy (non-hydrogen) atoms. The van der Waals surface area contributed by atoms with Gasteiger partial charge in [-0.25, -0.2) is 4.98 Å². The van der Waals surface area contributed by atoms with E-state index >= 15 is 0 Å². The van der Waals surface area contributed by atoms with Crippen molar-refractivity contribution < 1.29 is 14.3 Å². The highest BCUT2D eigenvalue weighted by Gasteiger charge is 2.20. The third kappa shape index (κ3) is 4.21. The van der Waals surface area contributed by atoms with Gasteiger partial charge in [0.2, 0.25) is 5.91 Å². The van der Waals surface area contributed by atoms with Crippen LogP contribution in [0, 0.1) is 0 Å². The summed E-state index contributed by atoms with van der Waals surface area (Å²) in [5.74, 6) is -0.719. The lowest BCUT2D eigenvalue weighted by atomic mass is 9.97. The molecule has 0 atom stereocenters. The van der Waals surface area contributed by atoms with Gasteiger partial charge in [-0.15, -0.1) is 11.3 Å². The molecule has 2 N–H and O–H groups in total. The van der Waals surface area contributed by atoms with Gasteiger partial charge >= 0.3 is 5.97 Å². The largest absolute Gasteiger partial charge is 0.465 e. The number of fused-ring (bicyclic) bond motifs is 3. The van der Waals surface area contributed by atoms with Crippen molar-refractivity contribution in [3.63, 3.8) is 0 Å². The fraction of sp³-hybridized carbons (Fsp3) is 0.500. The smallest absolute Gasteiger partial charge is 0.325 e. The maximum Gasteiger partial charge on any atom is 0.325 e. The molecule has 0 spiro atoms. The van der Waals surface area contributed by atoms with E-state index in [1.807, 2.05) is 0 Å². The van der Waals surface area contributed by atoms with Crippen LogP contribution in [-0.2, 0) is 27.2 Å². The fourth-order valence-corrected chi connectivity index (χ4v) is 4.79. The lowest BCUT2D eigenvalue weighted by Crippen LogP contribution is -2.31. The van der Waals surface area contributed by atoms with Crippen LogP contribution >= 0.6 is 23.1 Å². The molecule has 1 aliphatic rings. The molecule has 2 aromatic rings. The third-order valence-corrected chi connectivity index (χ3v) is 5.94. The Morgan fingerprint density at radius 2 is 2.16 bits per heavy atom. The summed E-state index contributed by atoms with van der Waals surface area (Å²) in [6.45, 7) is 1.82. The molecule has 134 valence electrons. The average Bonchev–Trinajstić information content (AvgIpc) is 2.97. The van der Waals surface area contributed by atoms with E-state index < -0.39 is 5.97 Å². The van der Waals surface area contributed by atoms with E-state index in [0.717, 1.165) is 47.8 Å². The number of nitrogens with one attached hydrogen (secondary N) is 2. The highest BCUT2D eigenvalue weighted by atomic mass is 32.2. The van der Waals surface area contributed by atoms with Crippen LogP contribution in [0.2, 0.25) is 0 Å². The number of nitrogens with zero attached hydrogens (tertiary/aromatic N) is 1. The van der Waals surface area contributed by atoms with Crippen LogP contribution in [0.4, 0.5) is 0 Å². The molecule has 0 unspecified atom stereocenters. The number of thioether (sulfide) groups is 1. The number of aromatic nitrogens is 2. The van der Waals surface area contributed by atoms with Crippen molar-refractivity contribution >= 4 is 45.2 Å². The van der Waals surface area contributed by atoms with Gasteiger partial charge in [-0.05, 0) is 38.2 Å². The minimum atomic E-state index is -0.474. The van der Waals surface area contributed by atoms with Crippen molar-refractivity contribution in [2.45, 2.75) is 37.8 Å². The van der Waals surface area contributed by atoms with E-state index in [1.54, 1.807) is 18.3 Å². The van der Waals surface area contributed by atoms with Crippen molar-refractivity contribution in [2.24, 2.45) is 0 Å². The zero-order valence-corrected chi connectivity index (χ0v) is 15.5. The Morgan fingerprint density at radius 3 is 2.96 bits per heavy atom. The summed E-state index contributed by atoms with van der Waals surface area (Å²) in [6, 6.07) is 0. The molecule has 2 aromatic heterocycles. The molecule has 1 amide bonds. The number of carbonyl (C=O) groups is 2. The molecular weight excluding hydrogens is 362 g/mol. The molecule has 2 heterocycles. The van der Waals surface area contributed by atoms with Gasteiger partial charge in [0.05, 0.1) is 17.7 Å². The number of aryl methyl sites for hydroxylation is 2. The molecule has 0 saturated heterocycles. The lowest BCUT2D eigenvalue weighted by molar-refractivity contribution is -0.143. The molecular formula is C16H19N3O4S2. The predicted octanol–water partition coefficient (Wildman–Crippen LogP) is 1.63. The Bertz CT molecular complexity index is 859.